The van der Waals surface area contributed by atoms with E-state index in [2.05, 4.69) is 46.4 Å². The molecule has 2 heterocycles. The number of aliphatic hydroxyl groups is 1. The molecule has 0 aliphatic carbocycles. The highest BCUT2D eigenvalue weighted by Gasteiger charge is 2.12. The minimum absolute atomic E-state index is 0.109. The van der Waals surface area contributed by atoms with Crippen LogP contribution in [0.4, 0.5) is 0 Å². The van der Waals surface area contributed by atoms with Crippen LogP contribution >= 0.6 is 11.3 Å². The van der Waals surface area contributed by atoms with Crippen LogP contribution in [0.2, 0.25) is 0 Å². The SMILES string of the molecule is O=C(NO)c1ccc(-c2cccc(CN(CCO)CCc3c[nH]c4ccccc34)c2)s1. The Morgan fingerprint density at radius 3 is 2.77 bits per heavy atom. The molecule has 4 aromatic rings. The fraction of sp³-hybridized carbons (Fsp3) is 0.208. The van der Waals surface area contributed by atoms with Gasteiger partial charge in [0.2, 0.25) is 0 Å². The number of nitrogens with zero attached hydrogens (tertiary/aromatic N) is 1. The topological polar surface area (TPSA) is 88.6 Å². The minimum atomic E-state index is -0.501. The number of carbonyl (C=O) groups is 1. The van der Waals surface area contributed by atoms with Crippen molar-refractivity contribution in [1.82, 2.24) is 15.4 Å². The zero-order chi connectivity index (χ0) is 21.6. The smallest absolute Gasteiger partial charge is 0.284 e. The molecule has 0 unspecified atom stereocenters. The van der Waals surface area contributed by atoms with E-state index >= 15 is 0 Å². The van der Waals surface area contributed by atoms with Crippen molar-refractivity contribution in [3.63, 3.8) is 0 Å². The summed E-state index contributed by atoms with van der Waals surface area (Å²) in [4.78, 5) is 18.6. The number of aromatic nitrogens is 1. The third-order valence-electron chi connectivity index (χ3n) is 5.34. The maximum Gasteiger partial charge on any atom is 0.284 e. The number of hydrogen-bond acceptors (Lipinski definition) is 5. The van der Waals surface area contributed by atoms with Gasteiger partial charge in [0.05, 0.1) is 11.5 Å². The number of hydroxylamine groups is 1. The number of carbonyl (C=O) groups excluding carboxylic acids is 1. The van der Waals surface area contributed by atoms with Gasteiger partial charge in [-0.25, -0.2) is 5.48 Å². The first kappa shape index (κ1) is 21.3. The number of nitrogens with one attached hydrogen (secondary N) is 2. The van der Waals surface area contributed by atoms with Crippen molar-refractivity contribution in [2.45, 2.75) is 13.0 Å². The van der Waals surface area contributed by atoms with Crippen LogP contribution in [-0.2, 0) is 13.0 Å². The minimum Gasteiger partial charge on any atom is -0.395 e. The molecule has 4 rings (SSSR count). The molecule has 0 atom stereocenters. The molecular weight excluding hydrogens is 410 g/mol. The van der Waals surface area contributed by atoms with Gasteiger partial charge in [-0.2, -0.15) is 0 Å². The van der Waals surface area contributed by atoms with Crippen LogP contribution in [0.1, 0.15) is 20.8 Å². The zero-order valence-electron chi connectivity index (χ0n) is 17.0. The van der Waals surface area contributed by atoms with Gasteiger partial charge in [-0.15, -0.1) is 11.3 Å². The molecule has 0 bridgehead atoms. The number of amides is 1. The van der Waals surface area contributed by atoms with E-state index < -0.39 is 5.91 Å². The number of thiophene rings is 1. The molecule has 0 fully saturated rings. The second-order valence-electron chi connectivity index (χ2n) is 7.41. The highest BCUT2D eigenvalue weighted by Crippen LogP contribution is 2.29. The zero-order valence-corrected chi connectivity index (χ0v) is 17.9. The van der Waals surface area contributed by atoms with Crippen molar-refractivity contribution in [2.24, 2.45) is 0 Å². The summed E-state index contributed by atoms with van der Waals surface area (Å²) in [7, 11) is 0. The second kappa shape index (κ2) is 9.89. The summed E-state index contributed by atoms with van der Waals surface area (Å²) in [6.07, 6.45) is 2.97. The average molecular weight is 436 g/mol. The Hall–Kier alpha value is -2.97. The molecule has 2 aromatic heterocycles. The number of H-pyrrole nitrogens is 1. The number of rotatable bonds is 9. The standard InChI is InChI=1S/C24H25N3O3S/c28-13-12-27(11-10-19-15-25-21-7-2-1-6-20(19)21)16-17-4-3-5-18(14-17)22-8-9-23(31-22)24(29)26-30/h1-9,14-15,25,28,30H,10-13,16H2,(H,26,29). The fourth-order valence-corrected chi connectivity index (χ4v) is 4.67. The maximum absolute atomic E-state index is 11.6. The molecule has 0 spiro atoms. The van der Waals surface area contributed by atoms with Crippen molar-refractivity contribution < 1.29 is 15.1 Å². The summed E-state index contributed by atoms with van der Waals surface area (Å²) in [5.41, 5.74) is 6.27. The van der Waals surface area contributed by atoms with Crippen LogP contribution in [-0.4, -0.2) is 45.8 Å². The fourth-order valence-electron chi connectivity index (χ4n) is 3.78. The molecule has 160 valence electrons. The van der Waals surface area contributed by atoms with Crippen LogP contribution < -0.4 is 5.48 Å². The monoisotopic (exact) mass is 435 g/mol. The number of aliphatic hydroxyl groups excluding tert-OH is 1. The van der Waals surface area contributed by atoms with Crippen LogP contribution in [0.3, 0.4) is 0 Å². The lowest BCUT2D eigenvalue weighted by Crippen LogP contribution is -2.28. The normalized spacial score (nSPS) is 11.3. The van der Waals surface area contributed by atoms with Gasteiger partial charge in [0, 0.05) is 41.6 Å². The third kappa shape index (κ3) is 5.03. The molecule has 0 saturated carbocycles. The van der Waals surface area contributed by atoms with E-state index in [1.807, 2.05) is 24.3 Å². The van der Waals surface area contributed by atoms with Gasteiger partial charge >= 0.3 is 0 Å². The Balaban J connectivity index is 1.46. The van der Waals surface area contributed by atoms with E-state index in [0.717, 1.165) is 41.0 Å². The Labute approximate surface area is 184 Å². The van der Waals surface area contributed by atoms with Gasteiger partial charge in [0.1, 0.15) is 0 Å². The van der Waals surface area contributed by atoms with Crippen LogP contribution in [0, 0.1) is 0 Å². The Morgan fingerprint density at radius 1 is 1.06 bits per heavy atom. The van der Waals surface area contributed by atoms with Gasteiger partial charge in [-0.05, 0) is 47.4 Å². The van der Waals surface area contributed by atoms with Crippen molar-refractivity contribution in [2.75, 3.05) is 19.7 Å². The molecule has 0 radical (unpaired) electrons. The first-order chi connectivity index (χ1) is 15.2. The van der Waals surface area contributed by atoms with Crippen molar-refractivity contribution in [3.05, 3.63) is 82.9 Å². The summed E-state index contributed by atoms with van der Waals surface area (Å²) in [5, 5.41) is 19.6. The third-order valence-corrected chi connectivity index (χ3v) is 6.47. The van der Waals surface area contributed by atoms with Gasteiger partial charge in [-0.3, -0.25) is 14.9 Å². The van der Waals surface area contributed by atoms with Crippen molar-refractivity contribution >= 4 is 28.1 Å². The van der Waals surface area contributed by atoms with Gasteiger partial charge in [0.25, 0.3) is 5.91 Å². The van der Waals surface area contributed by atoms with E-state index in [1.54, 1.807) is 11.5 Å². The summed E-state index contributed by atoms with van der Waals surface area (Å²) in [5.74, 6) is -0.501. The number of aromatic amines is 1. The predicted molar refractivity (Wildman–Crippen MR) is 123 cm³/mol. The van der Waals surface area contributed by atoms with Crippen LogP contribution in [0.15, 0.2) is 66.9 Å². The molecule has 0 aliphatic heterocycles. The van der Waals surface area contributed by atoms with Crippen LogP contribution in [0.25, 0.3) is 21.3 Å². The molecule has 7 heteroatoms. The lowest BCUT2D eigenvalue weighted by Gasteiger charge is -2.21. The quantitative estimate of drug-likeness (QED) is 0.236. The number of benzene rings is 2. The Morgan fingerprint density at radius 2 is 1.94 bits per heavy atom. The molecular formula is C24H25N3O3S. The van der Waals surface area contributed by atoms with E-state index in [0.29, 0.717) is 11.4 Å². The lowest BCUT2D eigenvalue weighted by atomic mass is 10.1. The molecule has 0 aliphatic rings. The first-order valence-corrected chi connectivity index (χ1v) is 11.0. The summed E-state index contributed by atoms with van der Waals surface area (Å²) < 4.78 is 0. The summed E-state index contributed by atoms with van der Waals surface area (Å²) in [6, 6.07) is 20.1. The van der Waals surface area contributed by atoms with E-state index in [1.165, 1.54) is 22.3 Å². The largest absolute Gasteiger partial charge is 0.395 e. The molecule has 31 heavy (non-hydrogen) atoms. The molecule has 1 amide bonds. The molecule has 2 aromatic carbocycles. The number of para-hydroxylation sites is 1. The summed E-state index contributed by atoms with van der Waals surface area (Å²) in [6.45, 7) is 2.28. The number of hydrogen-bond donors (Lipinski definition) is 4. The van der Waals surface area contributed by atoms with E-state index in [9.17, 15) is 9.90 Å². The van der Waals surface area contributed by atoms with Gasteiger partial charge in [-0.1, -0.05) is 36.4 Å². The molecule has 0 saturated heterocycles. The first-order valence-electron chi connectivity index (χ1n) is 10.2. The lowest BCUT2D eigenvalue weighted by molar-refractivity contribution is 0.0711. The van der Waals surface area contributed by atoms with Crippen molar-refractivity contribution in [1.29, 1.82) is 0 Å². The number of fused-ring (bicyclic) bond motifs is 1. The highest BCUT2D eigenvalue weighted by molar-refractivity contribution is 7.17. The van der Waals surface area contributed by atoms with E-state index in [4.69, 9.17) is 5.21 Å². The van der Waals surface area contributed by atoms with Gasteiger partial charge < -0.3 is 10.1 Å². The van der Waals surface area contributed by atoms with Crippen molar-refractivity contribution in [3.8, 4) is 10.4 Å². The average Bonchev–Trinajstić information content (AvgIpc) is 3.45. The van der Waals surface area contributed by atoms with Gasteiger partial charge in [0.15, 0.2) is 0 Å². The Bertz CT molecular complexity index is 1170. The molecule has 4 N–H and O–H groups in total. The maximum atomic E-state index is 11.6. The van der Waals surface area contributed by atoms with Crippen LogP contribution in [0.5, 0.6) is 0 Å². The summed E-state index contributed by atoms with van der Waals surface area (Å²) >= 11 is 1.34. The highest BCUT2D eigenvalue weighted by atomic mass is 32.1. The molecule has 6 nitrogen and oxygen atoms in total. The predicted octanol–water partition coefficient (Wildman–Crippen LogP) is 4.05. The second-order valence-corrected chi connectivity index (χ2v) is 8.50. The van der Waals surface area contributed by atoms with E-state index in [-0.39, 0.29) is 6.61 Å². The Kier molecular flexibility index (Phi) is 6.79.